The Kier molecular flexibility index (Phi) is 2.02. The van der Waals surface area contributed by atoms with Crippen LogP contribution in [-0.2, 0) is 0 Å². The molecule has 0 saturated heterocycles. The predicted molar refractivity (Wildman–Crippen MR) is 51.3 cm³/mol. The zero-order chi connectivity index (χ0) is 9.26. The van der Waals surface area contributed by atoms with Gasteiger partial charge in [0.05, 0.1) is 11.0 Å². The minimum absolute atomic E-state index is 0.479. The van der Waals surface area contributed by atoms with Gasteiger partial charge in [0, 0.05) is 0 Å². The van der Waals surface area contributed by atoms with E-state index in [1.807, 2.05) is 31.2 Å². The predicted octanol–water partition coefficient (Wildman–Crippen LogP) is 2.01. The van der Waals surface area contributed by atoms with Gasteiger partial charge in [-0.15, -0.1) is 0 Å². The highest BCUT2D eigenvalue weighted by Gasteiger charge is 2.09. The van der Waals surface area contributed by atoms with Crippen molar-refractivity contribution >= 4 is 11.0 Å². The summed E-state index contributed by atoms with van der Waals surface area (Å²) in [5, 5.41) is 9.54. The van der Waals surface area contributed by atoms with Crippen LogP contribution < -0.4 is 0 Å². The highest BCUT2D eigenvalue weighted by molar-refractivity contribution is 5.74. The summed E-state index contributed by atoms with van der Waals surface area (Å²) >= 11 is 0. The fourth-order valence-electron chi connectivity index (χ4n) is 1.32. The first-order valence-electron chi connectivity index (χ1n) is 4.44. The molecule has 3 nitrogen and oxygen atoms in total. The van der Waals surface area contributed by atoms with Gasteiger partial charge in [-0.25, -0.2) is 4.98 Å². The number of rotatable bonds is 2. The van der Waals surface area contributed by atoms with E-state index in [1.54, 1.807) is 0 Å². The Bertz CT molecular complexity index is 375. The number of hydrogen-bond donors (Lipinski definition) is 2. The van der Waals surface area contributed by atoms with Crippen LogP contribution in [0.2, 0.25) is 0 Å². The molecule has 1 heterocycles. The van der Waals surface area contributed by atoms with Gasteiger partial charge in [0.1, 0.15) is 11.9 Å². The molecule has 2 aromatic rings. The number of nitrogens with one attached hydrogen (secondary N) is 1. The number of aromatic amines is 1. The second-order valence-corrected chi connectivity index (χ2v) is 3.06. The van der Waals surface area contributed by atoms with Crippen LogP contribution in [0, 0.1) is 0 Å². The van der Waals surface area contributed by atoms with Crippen LogP contribution in [0.15, 0.2) is 24.3 Å². The van der Waals surface area contributed by atoms with Gasteiger partial charge in [-0.1, -0.05) is 19.1 Å². The van der Waals surface area contributed by atoms with E-state index in [4.69, 9.17) is 0 Å². The number of aliphatic hydroxyl groups is 1. The lowest BCUT2D eigenvalue weighted by atomic mass is 10.3. The Morgan fingerprint density at radius 2 is 2.23 bits per heavy atom. The van der Waals surface area contributed by atoms with Gasteiger partial charge in [-0.2, -0.15) is 0 Å². The number of aromatic nitrogens is 2. The van der Waals surface area contributed by atoms with Crippen molar-refractivity contribution in [2.75, 3.05) is 0 Å². The highest BCUT2D eigenvalue weighted by atomic mass is 16.3. The molecule has 0 aliphatic rings. The highest BCUT2D eigenvalue weighted by Crippen LogP contribution is 2.17. The molecule has 2 rings (SSSR count). The summed E-state index contributed by atoms with van der Waals surface area (Å²) in [6.07, 6.45) is 0.201. The number of aliphatic hydroxyl groups excluding tert-OH is 1. The summed E-state index contributed by atoms with van der Waals surface area (Å²) in [6, 6.07) is 7.76. The van der Waals surface area contributed by atoms with Gasteiger partial charge in [0.25, 0.3) is 0 Å². The van der Waals surface area contributed by atoms with Crippen LogP contribution in [0.5, 0.6) is 0 Å². The third-order valence-electron chi connectivity index (χ3n) is 2.11. The van der Waals surface area contributed by atoms with Gasteiger partial charge < -0.3 is 10.1 Å². The first kappa shape index (κ1) is 8.26. The average molecular weight is 176 g/mol. The standard InChI is InChI=1S/C10H12N2O/c1-2-9(13)10-11-7-5-3-4-6-8(7)12-10/h3-6,9,13H,2H2,1H3,(H,11,12)/t9-/m0/s1. The summed E-state index contributed by atoms with van der Waals surface area (Å²) < 4.78 is 0. The fraction of sp³-hybridized carbons (Fsp3) is 0.300. The van der Waals surface area contributed by atoms with Crippen molar-refractivity contribution < 1.29 is 5.11 Å². The van der Waals surface area contributed by atoms with Crippen LogP contribution in [0.3, 0.4) is 0 Å². The van der Waals surface area contributed by atoms with Crippen LogP contribution in [0.4, 0.5) is 0 Å². The lowest BCUT2D eigenvalue weighted by Gasteiger charge is -2.00. The van der Waals surface area contributed by atoms with Crippen molar-refractivity contribution in [3.05, 3.63) is 30.1 Å². The fourth-order valence-corrected chi connectivity index (χ4v) is 1.32. The minimum atomic E-state index is -0.479. The van der Waals surface area contributed by atoms with E-state index >= 15 is 0 Å². The summed E-state index contributed by atoms with van der Waals surface area (Å²) in [5.74, 6) is 0.656. The van der Waals surface area contributed by atoms with Crippen molar-refractivity contribution in [1.29, 1.82) is 0 Å². The maximum absolute atomic E-state index is 9.54. The molecule has 0 saturated carbocycles. The van der Waals surface area contributed by atoms with E-state index in [0.717, 1.165) is 11.0 Å². The number of benzene rings is 1. The molecule has 0 radical (unpaired) electrons. The van der Waals surface area contributed by atoms with E-state index in [2.05, 4.69) is 9.97 Å². The van der Waals surface area contributed by atoms with Gasteiger partial charge in [0.2, 0.25) is 0 Å². The molecule has 1 aromatic carbocycles. The maximum atomic E-state index is 9.54. The Morgan fingerprint density at radius 3 is 2.92 bits per heavy atom. The Hall–Kier alpha value is -1.35. The SMILES string of the molecule is CC[C@H](O)c1nc2ccccc2[nH]1. The molecule has 0 bridgehead atoms. The molecule has 0 spiro atoms. The monoisotopic (exact) mass is 176 g/mol. The van der Waals surface area contributed by atoms with Crippen LogP contribution in [0.25, 0.3) is 11.0 Å². The van der Waals surface area contributed by atoms with E-state index in [1.165, 1.54) is 0 Å². The summed E-state index contributed by atoms with van der Waals surface area (Å²) in [7, 11) is 0. The first-order chi connectivity index (χ1) is 6.31. The molecule has 1 aromatic heterocycles. The van der Waals surface area contributed by atoms with Crippen molar-refractivity contribution in [2.45, 2.75) is 19.4 Å². The van der Waals surface area contributed by atoms with Crippen LogP contribution >= 0.6 is 0 Å². The number of para-hydroxylation sites is 2. The Balaban J connectivity index is 2.49. The van der Waals surface area contributed by atoms with Crippen LogP contribution in [0.1, 0.15) is 25.3 Å². The molecule has 0 unspecified atom stereocenters. The lowest BCUT2D eigenvalue weighted by molar-refractivity contribution is 0.165. The molecule has 1 atom stereocenters. The normalized spacial score (nSPS) is 13.4. The molecule has 2 N–H and O–H groups in total. The van der Waals surface area contributed by atoms with Gasteiger partial charge in [0.15, 0.2) is 0 Å². The van der Waals surface area contributed by atoms with Crippen molar-refractivity contribution in [3.8, 4) is 0 Å². The lowest BCUT2D eigenvalue weighted by Crippen LogP contribution is -1.96. The number of hydrogen-bond acceptors (Lipinski definition) is 2. The third-order valence-corrected chi connectivity index (χ3v) is 2.11. The van der Waals surface area contributed by atoms with E-state index < -0.39 is 6.10 Å². The molecule has 0 amide bonds. The largest absolute Gasteiger partial charge is 0.385 e. The summed E-state index contributed by atoms with van der Waals surface area (Å²) in [5.41, 5.74) is 1.88. The molecule has 68 valence electrons. The second kappa shape index (κ2) is 3.18. The van der Waals surface area contributed by atoms with Gasteiger partial charge >= 0.3 is 0 Å². The maximum Gasteiger partial charge on any atom is 0.136 e. The van der Waals surface area contributed by atoms with Crippen molar-refractivity contribution in [2.24, 2.45) is 0 Å². The van der Waals surface area contributed by atoms with Crippen molar-refractivity contribution in [1.82, 2.24) is 9.97 Å². The van der Waals surface area contributed by atoms with Gasteiger partial charge in [-0.3, -0.25) is 0 Å². The minimum Gasteiger partial charge on any atom is -0.385 e. The van der Waals surface area contributed by atoms with Crippen LogP contribution in [-0.4, -0.2) is 15.1 Å². The molecule has 0 fully saturated rings. The molecule has 0 aliphatic carbocycles. The first-order valence-corrected chi connectivity index (χ1v) is 4.44. The summed E-state index contributed by atoms with van der Waals surface area (Å²) in [6.45, 7) is 1.93. The zero-order valence-corrected chi connectivity index (χ0v) is 7.49. The topological polar surface area (TPSA) is 48.9 Å². The van der Waals surface area contributed by atoms with E-state index in [0.29, 0.717) is 12.2 Å². The van der Waals surface area contributed by atoms with E-state index in [-0.39, 0.29) is 0 Å². The zero-order valence-electron chi connectivity index (χ0n) is 7.49. The third kappa shape index (κ3) is 1.42. The quantitative estimate of drug-likeness (QED) is 0.735. The molecule has 0 aliphatic heterocycles. The molecular weight excluding hydrogens is 164 g/mol. The number of imidazole rings is 1. The smallest absolute Gasteiger partial charge is 0.136 e. The molecule has 13 heavy (non-hydrogen) atoms. The molecular formula is C10H12N2O. The summed E-state index contributed by atoms with van der Waals surface area (Å²) in [4.78, 5) is 7.36. The molecule has 3 heteroatoms. The second-order valence-electron chi connectivity index (χ2n) is 3.06. The number of nitrogens with zero attached hydrogens (tertiary/aromatic N) is 1. The van der Waals surface area contributed by atoms with Crippen molar-refractivity contribution in [3.63, 3.8) is 0 Å². The average Bonchev–Trinajstić information content (AvgIpc) is 2.59. The van der Waals surface area contributed by atoms with E-state index in [9.17, 15) is 5.11 Å². The Morgan fingerprint density at radius 1 is 1.46 bits per heavy atom. The Labute approximate surface area is 76.4 Å². The van der Waals surface area contributed by atoms with Gasteiger partial charge in [-0.05, 0) is 18.6 Å². The number of H-pyrrole nitrogens is 1. The number of fused-ring (bicyclic) bond motifs is 1.